The van der Waals surface area contributed by atoms with E-state index in [0.29, 0.717) is 13.2 Å². The number of anilines is 1. The van der Waals surface area contributed by atoms with Crippen molar-refractivity contribution < 1.29 is 19.6 Å². The lowest BCUT2D eigenvalue weighted by molar-refractivity contribution is -0.682. The van der Waals surface area contributed by atoms with E-state index in [4.69, 9.17) is 9.47 Å². The smallest absolute Gasteiger partial charge is 0.287 e. The van der Waals surface area contributed by atoms with Crippen LogP contribution < -0.4 is 20.1 Å². The molecular weight excluding hydrogens is 388 g/mol. The van der Waals surface area contributed by atoms with Crippen molar-refractivity contribution in [3.05, 3.63) is 89.0 Å². The number of rotatable bonds is 7. The topological polar surface area (TPSA) is 64.2 Å². The molecule has 160 valence electrons. The molecule has 1 aliphatic heterocycles. The van der Waals surface area contributed by atoms with E-state index in [1.165, 1.54) is 5.56 Å². The van der Waals surface area contributed by atoms with Crippen molar-refractivity contribution >= 4 is 11.6 Å². The molecule has 3 aromatic carbocycles. The maximum absolute atomic E-state index is 13.2. The summed E-state index contributed by atoms with van der Waals surface area (Å²) in [5.74, 6) is 1.59. The molecule has 5 nitrogen and oxygen atoms in total. The number of benzene rings is 3. The summed E-state index contributed by atoms with van der Waals surface area (Å²) in [6.45, 7) is 5.99. The first-order valence-corrected chi connectivity index (χ1v) is 10.7. The molecule has 1 heterocycles. The van der Waals surface area contributed by atoms with E-state index >= 15 is 0 Å². The maximum Gasteiger partial charge on any atom is 0.287 e. The van der Waals surface area contributed by atoms with Gasteiger partial charge in [-0.2, -0.15) is 0 Å². The Bertz CT molecular complexity index is 1050. The monoisotopic (exact) mass is 417 g/mol. The van der Waals surface area contributed by atoms with Crippen LogP contribution in [0.1, 0.15) is 28.3 Å². The number of ether oxygens (including phenoxy) is 2. The average Bonchev–Trinajstić information content (AvgIpc) is 2.79. The molecule has 0 bridgehead atoms. The van der Waals surface area contributed by atoms with E-state index in [0.717, 1.165) is 46.8 Å². The van der Waals surface area contributed by atoms with E-state index < -0.39 is 0 Å². The van der Waals surface area contributed by atoms with Gasteiger partial charge in [-0.1, -0.05) is 48.5 Å². The molecule has 0 aromatic heterocycles. The molecule has 1 aliphatic rings. The zero-order valence-electron chi connectivity index (χ0n) is 18.1. The van der Waals surface area contributed by atoms with Crippen LogP contribution in [0.15, 0.2) is 66.7 Å². The number of carbonyl (C=O) groups is 1. The van der Waals surface area contributed by atoms with E-state index in [-0.39, 0.29) is 11.9 Å². The van der Waals surface area contributed by atoms with Crippen molar-refractivity contribution in [2.75, 3.05) is 25.1 Å². The van der Waals surface area contributed by atoms with Gasteiger partial charge >= 0.3 is 0 Å². The highest BCUT2D eigenvalue weighted by molar-refractivity contribution is 5.95. The number of aryl methyl sites for hydroxylation is 2. The number of hydrogen-bond acceptors (Lipinski definition) is 3. The molecule has 0 unspecified atom stereocenters. The predicted molar refractivity (Wildman–Crippen MR) is 122 cm³/mol. The summed E-state index contributed by atoms with van der Waals surface area (Å²) in [7, 11) is 0. The van der Waals surface area contributed by atoms with Crippen LogP contribution in [0.2, 0.25) is 0 Å². The normalized spacial score (nSPS) is 13.5. The van der Waals surface area contributed by atoms with Crippen LogP contribution in [0.5, 0.6) is 11.5 Å². The number of hydrogen-bond donors (Lipinski definition) is 2. The summed E-state index contributed by atoms with van der Waals surface area (Å²) in [6.07, 6.45) is 0.830. The Morgan fingerprint density at radius 3 is 2.55 bits per heavy atom. The van der Waals surface area contributed by atoms with Crippen LogP contribution in [0.3, 0.4) is 0 Å². The SMILES string of the molecule is Cc1ccc(C)c(NC(=O)[C@@H]([NH2+]CCc2ccc3c(c2)OCCO3)c2ccccc2)c1. The van der Waals surface area contributed by atoms with Crippen molar-refractivity contribution in [3.8, 4) is 11.5 Å². The van der Waals surface area contributed by atoms with Gasteiger partial charge < -0.3 is 20.1 Å². The highest BCUT2D eigenvalue weighted by atomic mass is 16.6. The second-order valence-corrected chi connectivity index (χ2v) is 7.95. The lowest BCUT2D eigenvalue weighted by Gasteiger charge is -2.19. The molecule has 1 amide bonds. The summed E-state index contributed by atoms with van der Waals surface area (Å²) < 4.78 is 11.3. The lowest BCUT2D eigenvalue weighted by Crippen LogP contribution is -2.87. The fraction of sp³-hybridized carbons (Fsp3) is 0.269. The van der Waals surface area contributed by atoms with Crippen LogP contribution in [-0.2, 0) is 11.2 Å². The maximum atomic E-state index is 13.2. The number of amides is 1. The van der Waals surface area contributed by atoms with Gasteiger partial charge in [0.05, 0.1) is 6.54 Å². The number of carbonyl (C=O) groups excluding carboxylic acids is 1. The van der Waals surface area contributed by atoms with Gasteiger partial charge in [0.1, 0.15) is 13.2 Å². The van der Waals surface area contributed by atoms with Crippen LogP contribution in [0, 0.1) is 13.8 Å². The quantitative estimate of drug-likeness (QED) is 0.618. The summed E-state index contributed by atoms with van der Waals surface area (Å²) in [4.78, 5) is 13.2. The molecule has 4 rings (SSSR count). The third-order valence-electron chi connectivity index (χ3n) is 5.53. The first-order valence-electron chi connectivity index (χ1n) is 10.7. The fourth-order valence-corrected chi connectivity index (χ4v) is 3.80. The molecule has 3 aromatic rings. The molecule has 3 N–H and O–H groups in total. The summed E-state index contributed by atoms with van der Waals surface area (Å²) in [5, 5.41) is 5.24. The molecule has 5 heteroatoms. The van der Waals surface area contributed by atoms with Crippen molar-refractivity contribution in [2.24, 2.45) is 0 Å². The Labute approximate surface area is 183 Å². The second kappa shape index (κ2) is 9.67. The van der Waals surface area contributed by atoms with Crippen LogP contribution >= 0.6 is 0 Å². The minimum atomic E-state index is -0.321. The van der Waals surface area contributed by atoms with Gasteiger partial charge in [0.25, 0.3) is 5.91 Å². The molecule has 0 saturated heterocycles. The number of quaternary nitrogens is 1. The van der Waals surface area contributed by atoms with Crippen molar-refractivity contribution in [3.63, 3.8) is 0 Å². The molecule has 1 atom stereocenters. The molecule has 0 radical (unpaired) electrons. The molecule has 0 fully saturated rings. The Hall–Kier alpha value is -3.31. The van der Waals surface area contributed by atoms with E-state index in [2.05, 4.69) is 22.8 Å². The minimum absolute atomic E-state index is 0.0120. The van der Waals surface area contributed by atoms with E-state index in [9.17, 15) is 4.79 Å². The Balaban J connectivity index is 1.45. The summed E-state index contributed by atoms with van der Waals surface area (Å²) in [5.41, 5.74) is 5.21. The average molecular weight is 418 g/mol. The zero-order chi connectivity index (χ0) is 21.6. The van der Waals surface area contributed by atoms with Gasteiger partial charge in [-0.05, 0) is 48.7 Å². The van der Waals surface area contributed by atoms with Crippen LogP contribution in [-0.4, -0.2) is 25.7 Å². The largest absolute Gasteiger partial charge is 0.486 e. The summed E-state index contributed by atoms with van der Waals surface area (Å²) >= 11 is 0. The van der Waals surface area contributed by atoms with Crippen molar-refractivity contribution in [2.45, 2.75) is 26.3 Å². The van der Waals surface area contributed by atoms with Gasteiger partial charge in [-0.25, -0.2) is 0 Å². The van der Waals surface area contributed by atoms with Crippen molar-refractivity contribution in [1.29, 1.82) is 0 Å². The summed E-state index contributed by atoms with van der Waals surface area (Å²) in [6, 6.07) is 21.8. The van der Waals surface area contributed by atoms with Crippen molar-refractivity contribution in [1.82, 2.24) is 0 Å². The first-order chi connectivity index (χ1) is 15.1. The third-order valence-corrected chi connectivity index (χ3v) is 5.53. The lowest BCUT2D eigenvalue weighted by atomic mass is 10.0. The highest BCUT2D eigenvalue weighted by Gasteiger charge is 2.24. The highest BCUT2D eigenvalue weighted by Crippen LogP contribution is 2.30. The third kappa shape index (κ3) is 5.25. The fourth-order valence-electron chi connectivity index (χ4n) is 3.80. The zero-order valence-corrected chi connectivity index (χ0v) is 18.1. The Kier molecular flexibility index (Phi) is 6.53. The standard InChI is InChI=1S/C26H28N2O3/c1-18-8-9-19(2)22(16-18)28-26(29)25(21-6-4-3-5-7-21)27-13-12-20-10-11-23-24(17-20)31-15-14-30-23/h3-11,16-17,25,27H,12-15H2,1-2H3,(H,28,29)/p+1/t25-/m0/s1. The van der Waals surface area contributed by atoms with Gasteiger partial charge in [0, 0.05) is 17.7 Å². The van der Waals surface area contributed by atoms with Gasteiger partial charge in [0.2, 0.25) is 0 Å². The van der Waals surface area contributed by atoms with Gasteiger partial charge in [-0.3, -0.25) is 4.79 Å². The number of nitrogens with two attached hydrogens (primary N) is 1. The Morgan fingerprint density at radius 2 is 1.74 bits per heavy atom. The van der Waals surface area contributed by atoms with Crippen LogP contribution in [0.4, 0.5) is 5.69 Å². The predicted octanol–water partition coefficient (Wildman–Crippen LogP) is 3.56. The Morgan fingerprint density at radius 1 is 0.968 bits per heavy atom. The second-order valence-electron chi connectivity index (χ2n) is 7.95. The van der Waals surface area contributed by atoms with Gasteiger partial charge in [0.15, 0.2) is 17.5 Å². The number of fused-ring (bicyclic) bond motifs is 1. The molecular formula is C26H29N2O3+. The molecule has 0 saturated carbocycles. The first kappa shape index (κ1) is 20.9. The molecule has 0 aliphatic carbocycles. The molecule has 0 spiro atoms. The molecule has 31 heavy (non-hydrogen) atoms. The number of nitrogens with one attached hydrogen (secondary N) is 1. The van der Waals surface area contributed by atoms with E-state index in [1.807, 2.05) is 68.4 Å². The van der Waals surface area contributed by atoms with E-state index in [1.54, 1.807) is 0 Å². The van der Waals surface area contributed by atoms with Crippen LogP contribution in [0.25, 0.3) is 0 Å². The van der Waals surface area contributed by atoms with Gasteiger partial charge in [-0.15, -0.1) is 0 Å². The minimum Gasteiger partial charge on any atom is -0.486 e.